The molecule has 0 spiro atoms. The summed E-state index contributed by atoms with van der Waals surface area (Å²) in [6, 6.07) is 0. The maximum absolute atomic E-state index is 11.9. The standard InChI is InChI=1S/C10H18F3NS/c11-10(12,13)15-6-5-9(7-14)8-3-1-2-4-8/h8-9H,1-7,14H2. The van der Waals surface area contributed by atoms with E-state index in [0.717, 1.165) is 12.8 Å². The maximum atomic E-state index is 11.9. The van der Waals surface area contributed by atoms with Gasteiger partial charge in [0.05, 0.1) is 0 Å². The van der Waals surface area contributed by atoms with Gasteiger partial charge in [-0.15, -0.1) is 0 Å². The van der Waals surface area contributed by atoms with Crippen molar-refractivity contribution in [2.45, 2.75) is 37.6 Å². The van der Waals surface area contributed by atoms with E-state index in [1.807, 2.05) is 0 Å². The molecule has 1 unspecified atom stereocenters. The van der Waals surface area contributed by atoms with Crippen molar-refractivity contribution < 1.29 is 13.2 Å². The lowest BCUT2D eigenvalue weighted by molar-refractivity contribution is -0.0328. The zero-order valence-electron chi connectivity index (χ0n) is 8.72. The Bertz CT molecular complexity index is 178. The van der Waals surface area contributed by atoms with E-state index in [1.54, 1.807) is 0 Å². The van der Waals surface area contributed by atoms with Crippen molar-refractivity contribution in [2.75, 3.05) is 12.3 Å². The molecule has 0 aromatic carbocycles. The van der Waals surface area contributed by atoms with E-state index < -0.39 is 5.51 Å². The molecule has 1 saturated carbocycles. The SMILES string of the molecule is NCC(CCSC(F)(F)F)C1CCCC1. The molecule has 0 radical (unpaired) electrons. The van der Waals surface area contributed by atoms with Crippen molar-refractivity contribution in [1.82, 2.24) is 0 Å². The minimum absolute atomic E-state index is 0.0805. The highest BCUT2D eigenvalue weighted by atomic mass is 32.2. The topological polar surface area (TPSA) is 26.0 Å². The monoisotopic (exact) mass is 241 g/mol. The highest BCUT2D eigenvalue weighted by Gasteiger charge is 2.29. The van der Waals surface area contributed by atoms with Gasteiger partial charge in [0.2, 0.25) is 0 Å². The molecular formula is C10H18F3NS. The quantitative estimate of drug-likeness (QED) is 0.798. The molecule has 0 aliphatic heterocycles. The van der Waals surface area contributed by atoms with Gasteiger partial charge in [-0.2, -0.15) is 13.2 Å². The predicted octanol–water partition coefficient (Wildman–Crippen LogP) is 3.39. The van der Waals surface area contributed by atoms with Gasteiger partial charge in [0.25, 0.3) is 0 Å². The van der Waals surface area contributed by atoms with Crippen molar-refractivity contribution in [3.8, 4) is 0 Å². The van der Waals surface area contributed by atoms with Crippen LogP contribution in [0.1, 0.15) is 32.1 Å². The second-order valence-electron chi connectivity index (χ2n) is 4.12. The summed E-state index contributed by atoms with van der Waals surface area (Å²) in [6.45, 7) is 0.531. The van der Waals surface area contributed by atoms with Gasteiger partial charge in [0.1, 0.15) is 0 Å². The number of halogens is 3. The van der Waals surface area contributed by atoms with Crippen LogP contribution in [0.5, 0.6) is 0 Å². The van der Waals surface area contributed by atoms with Crippen molar-refractivity contribution in [3.63, 3.8) is 0 Å². The van der Waals surface area contributed by atoms with Crippen LogP contribution in [0.25, 0.3) is 0 Å². The molecule has 15 heavy (non-hydrogen) atoms. The average molecular weight is 241 g/mol. The van der Waals surface area contributed by atoms with Crippen LogP contribution in [-0.2, 0) is 0 Å². The number of rotatable bonds is 5. The second-order valence-corrected chi connectivity index (χ2v) is 5.28. The summed E-state index contributed by atoms with van der Waals surface area (Å²) in [5.74, 6) is 1.02. The first-order valence-corrected chi connectivity index (χ1v) is 6.42. The summed E-state index contributed by atoms with van der Waals surface area (Å²) >= 11 is 0.0805. The molecule has 1 aliphatic rings. The molecule has 90 valence electrons. The van der Waals surface area contributed by atoms with Gasteiger partial charge >= 0.3 is 5.51 Å². The Kier molecular flexibility index (Phi) is 5.26. The molecule has 0 saturated heterocycles. The zero-order valence-corrected chi connectivity index (χ0v) is 9.54. The molecule has 0 heterocycles. The molecule has 0 aromatic rings. The van der Waals surface area contributed by atoms with Crippen LogP contribution in [0.15, 0.2) is 0 Å². The Balaban J connectivity index is 2.21. The maximum Gasteiger partial charge on any atom is 0.441 e. The highest BCUT2D eigenvalue weighted by molar-refractivity contribution is 8.00. The van der Waals surface area contributed by atoms with E-state index in [4.69, 9.17) is 5.73 Å². The molecule has 1 aliphatic carbocycles. The van der Waals surface area contributed by atoms with Gasteiger partial charge in [-0.05, 0) is 24.8 Å². The van der Waals surface area contributed by atoms with Gasteiger partial charge in [-0.1, -0.05) is 37.4 Å². The van der Waals surface area contributed by atoms with Crippen LogP contribution in [0, 0.1) is 11.8 Å². The van der Waals surface area contributed by atoms with Crippen molar-refractivity contribution >= 4 is 11.8 Å². The summed E-state index contributed by atoms with van der Waals surface area (Å²) in [5, 5.41) is 0. The lowest BCUT2D eigenvalue weighted by Crippen LogP contribution is -2.22. The first-order chi connectivity index (χ1) is 7.03. The molecule has 1 atom stereocenters. The third-order valence-electron chi connectivity index (χ3n) is 3.12. The van der Waals surface area contributed by atoms with Crippen LogP contribution in [-0.4, -0.2) is 17.8 Å². The number of alkyl halides is 3. The van der Waals surface area contributed by atoms with Gasteiger partial charge in [-0.25, -0.2) is 0 Å². The lowest BCUT2D eigenvalue weighted by atomic mass is 9.89. The van der Waals surface area contributed by atoms with E-state index in [9.17, 15) is 13.2 Å². The molecule has 1 fully saturated rings. The molecule has 5 heteroatoms. The minimum atomic E-state index is -4.09. The summed E-state index contributed by atoms with van der Waals surface area (Å²) < 4.78 is 35.8. The molecule has 0 bridgehead atoms. The van der Waals surface area contributed by atoms with E-state index >= 15 is 0 Å². The number of hydrogen-bond donors (Lipinski definition) is 1. The number of nitrogens with two attached hydrogens (primary N) is 1. The average Bonchev–Trinajstić information content (AvgIpc) is 2.63. The van der Waals surface area contributed by atoms with Crippen molar-refractivity contribution in [3.05, 3.63) is 0 Å². The molecule has 1 rings (SSSR count). The van der Waals surface area contributed by atoms with E-state index in [2.05, 4.69) is 0 Å². The summed E-state index contributed by atoms with van der Waals surface area (Å²) in [4.78, 5) is 0. The summed E-state index contributed by atoms with van der Waals surface area (Å²) in [7, 11) is 0. The van der Waals surface area contributed by atoms with Crippen LogP contribution >= 0.6 is 11.8 Å². The van der Waals surface area contributed by atoms with Crippen LogP contribution in [0.3, 0.4) is 0 Å². The predicted molar refractivity (Wildman–Crippen MR) is 57.6 cm³/mol. The van der Waals surface area contributed by atoms with Crippen LogP contribution < -0.4 is 5.73 Å². The molecular weight excluding hydrogens is 223 g/mol. The third-order valence-corrected chi connectivity index (χ3v) is 3.89. The van der Waals surface area contributed by atoms with Gasteiger partial charge in [0, 0.05) is 5.75 Å². The highest BCUT2D eigenvalue weighted by Crippen LogP contribution is 2.36. The fourth-order valence-electron chi connectivity index (χ4n) is 2.30. The Morgan fingerprint density at radius 2 is 1.87 bits per heavy atom. The largest absolute Gasteiger partial charge is 0.441 e. The van der Waals surface area contributed by atoms with E-state index in [-0.39, 0.29) is 17.5 Å². The number of hydrogen-bond acceptors (Lipinski definition) is 2. The molecule has 0 aromatic heterocycles. The summed E-state index contributed by atoms with van der Waals surface area (Å²) in [6.07, 6.45) is 5.34. The Morgan fingerprint density at radius 3 is 2.33 bits per heavy atom. The van der Waals surface area contributed by atoms with Crippen LogP contribution in [0.2, 0.25) is 0 Å². The molecule has 0 amide bonds. The molecule has 2 N–H and O–H groups in total. The van der Waals surface area contributed by atoms with Crippen molar-refractivity contribution in [1.29, 1.82) is 0 Å². The summed E-state index contributed by atoms with van der Waals surface area (Å²) in [5.41, 5.74) is 1.52. The Labute approximate surface area is 93.0 Å². The Hall–Kier alpha value is 0.100. The minimum Gasteiger partial charge on any atom is -0.330 e. The van der Waals surface area contributed by atoms with Crippen LogP contribution in [0.4, 0.5) is 13.2 Å². The van der Waals surface area contributed by atoms with Gasteiger partial charge in [-0.3, -0.25) is 0 Å². The Morgan fingerprint density at radius 1 is 1.27 bits per heavy atom. The lowest BCUT2D eigenvalue weighted by Gasteiger charge is -2.21. The fraction of sp³-hybridized carbons (Fsp3) is 1.00. The van der Waals surface area contributed by atoms with Crippen molar-refractivity contribution in [2.24, 2.45) is 17.6 Å². The third kappa shape index (κ3) is 5.11. The van der Waals surface area contributed by atoms with Gasteiger partial charge in [0.15, 0.2) is 0 Å². The first-order valence-electron chi connectivity index (χ1n) is 5.43. The van der Waals surface area contributed by atoms with E-state index in [0.29, 0.717) is 24.8 Å². The fourth-order valence-corrected chi connectivity index (χ4v) is 2.95. The van der Waals surface area contributed by atoms with E-state index in [1.165, 1.54) is 12.8 Å². The number of thioether (sulfide) groups is 1. The smallest absolute Gasteiger partial charge is 0.330 e. The normalized spacial score (nSPS) is 20.8. The zero-order chi connectivity index (χ0) is 11.3. The second kappa shape index (κ2) is 5.99. The first kappa shape index (κ1) is 13.2. The van der Waals surface area contributed by atoms with Gasteiger partial charge < -0.3 is 5.73 Å². The molecule has 1 nitrogen and oxygen atoms in total.